The van der Waals surface area contributed by atoms with Gasteiger partial charge in [0, 0.05) is 16.7 Å². The summed E-state index contributed by atoms with van der Waals surface area (Å²) in [4.78, 5) is 23.1. The molecule has 0 aliphatic rings. The van der Waals surface area contributed by atoms with Crippen molar-refractivity contribution in [2.75, 3.05) is 0 Å². The average molecular weight is 282 g/mol. The molecule has 0 bridgehead atoms. The molecule has 0 atom stereocenters. The molecule has 16 heavy (non-hydrogen) atoms. The molecule has 0 radical (unpaired) electrons. The van der Waals surface area contributed by atoms with E-state index in [1.807, 2.05) is 0 Å². The summed E-state index contributed by atoms with van der Waals surface area (Å²) < 4.78 is 7.04. The maximum Gasteiger partial charge on any atom is 0.251 e. The van der Waals surface area contributed by atoms with Crippen molar-refractivity contribution in [2.24, 2.45) is 0 Å². The number of Topliss-reactive ketones (excluding diaryl/α,β-unsaturated/α-hetero) is 1. The lowest BCUT2D eigenvalue weighted by atomic mass is 10.3. The van der Waals surface area contributed by atoms with E-state index < -0.39 is 0 Å². The summed E-state index contributed by atoms with van der Waals surface area (Å²) in [5.74, 6) is 0.0251. The molecule has 2 heterocycles. The van der Waals surface area contributed by atoms with E-state index in [-0.39, 0.29) is 23.6 Å². The number of nitrogens with zero attached hydrogens (tertiary/aromatic N) is 1. The molecule has 4 nitrogen and oxygen atoms in total. The second-order valence-corrected chi connectivity index (χ2v) is 4.13. The first-order chi connectivity index (χ1) is 7.66. The molecule has 5 heteroatoms. The topological polar surface area (TPSA) is 52.2 Å². The predicted octanol–water partition coefficient (Wildman–Crippen LogP) is 2.09. The summed E-state index contributed by atoms with van der Waals surface area (Å²) in [6.45, 7) is -0.0220. The second-order valence-electron chi connectivity index (χ2n) is 3.21. The highest BCUT2D eigenvalue weighted by atomic mass is 79.9. The fraction of sp³-hybridized carbons (Fsp3) is 0.0909. The van der Waals surface area contributed by atoms with Gasteiger partial charge in [-0.15, -0.1) is 0 Å². The Balaban J connectivity index is 2.25. The molecule has 0 unspecified atom stereocenters. The monoisotopic (exact) mass is 281 g/mol. The van der Waals surface area contributed by atoms with Gasteiger partial charge in [0.25, 0.3) is 5.56 Å². The number of furan rings is 1. The summed E-state index contributed by atoms with van der Waals surface area (Å²) in [7, 11) is 0. The number of halogens is 1. The van der Waals surface area contributed by atoms with Crippen LogP contribution in [0.25, 0.3) is 0 Å². The summed E-state index contributed by atoms with van der Waals surface area (Å²) in [6.07, 6.45) is 3.00. The number of ketones is 1. The van der Waals surface area contributed by atoms with Crippen molar-refractivity contribution >= 4 is 21.7 Å². The molecule has 0 aromatic carbocycles. The molecule has 2 aromatic rings. The molecular formula is C11H8BrNO3. The second kappa shape index (κ2) is 4.49. The largest absolute Gasteiger partial charge is 0.461 e. The highest BCUT2D eigenvalue weighted by molar-refractivity contribution is 9.10. The Hall–Kier alpha value is -1.62. The van der Waals surface area contributed by atoms with Gasteiger partial charge in [-0.1, -0.05) is 0 Å². The Kier molecular flexibility index (Phi) is 3.05. The first kappa shape index (κ1) is 10.9. The molecule has 0 spiro atoms. The van der Waals surface area contributed by atoms with Crippen LogP contribution in [0.3, 0.4) is 0 Å². The SMILES string of the molecule is O=C(Cn1cc(Br)ccc1=O)c1ccco1. The van der Waals surface area contributed by atoms with Crippen LogP contribution in [0.2, 0.25) is 0 Å². The van der Waals surface area contributed by atoms with Gasteiger partial charge in [0.1, 0.15) is 0 Å². The summed E-state index contributed by atoms with van der Waals surface area (Å²) in [5, 5.41) is 0. The highest BCUT2D eigenvalue weighted by Gasteiger charge is 2.10. The van der Waals surface area contributed by atoms with Crippen LogP contribution >= 0.6 is 15.9 Å². The minimum Gasteiger partial charge on any atom is -0.461 e. The van der Waals surface area contributed by atoms with Crippen molar-refractivity contribution in [2.45, 2.75) is 6.54 Å². The van der Waals surface area contributed by atoms with E-state index in [1.54, 1.807) is 24.4 Å². The predicted molar refractivity (Wildman–Crippen MR) is 61.4 cm³/mol. The molecule has 82 valence electrons. The van der Waals surface area contributed by atoms with E-state index in [9.17, 15) is 9.59 Å². The normalized spacial score (nSPS) is 10.3. The fourth-order valence-corrected chi connectivity index (χ4v) is 1.67. The van der Waals surface area contributed by atoms with Gasteiger partial charge in [0.2, 0.25) is 5.78 Å². The third-order valence-electron chi connectivity index (χ3n) is 2.06. The van der Waals surface area contributed by atoms with E-state index in [2.05, 4.69) is 15.9 Å². The molecule has 0 N–H and O–H groups in total. The Morgan fingerprint density at radius 3 is 2.88 bits per heavy atom. The molecule has 0 fully saturated rings. The van der Waals surface area contributed by atoms with Gasteiger partial charge >= 0.3 is 0 Å². The molecule has 2 rings (SSSR count). The smallest absolute Gasteiger partial charge is 0.251 e. The quantitative estimate of drug-likeness (QED) is 0.810. The van der Waals surface area contributed by atoms with Crippen molar-refractivity contribution in [3.8, 4) is 0 Å². The zero-order valence-electron chi connectivity index (χ0n) is 8.22. The molecule has 0 aliphatic heterocycles. The van der Waals surface area contributed by atoms with E-state index in [0.29, 0.717) is 0 Å². The third kappa shape index (κ3) is 2.30. The van der Waals surface area contributed by atoms with Gasteiger partial charge in [-0.2, -0.15) is 0 Å². The highest BCUT2D eigenvalue weighted by Crippen LogP contribution is 2.07. The number of hydrogen-bond acceptors (Lipinski definition) is 3. The lowest BCUT2D eigenvalue weighted by molar-refractivity contribution is 0.0943. The molecule has 0 amide bonds. The minimum absolute atomic E-state index is 0.0220. The van der Waals surface area contributed by atoms with Crippen LogP contribution < -0.4 is 5.56 Å². The molecule has 2 aromatic heterocycles. The van der Waals surface area contributed by atoms with E-state index in [0.717, 1.165) is 4.47 Å². The zero-order chi connectivity index (χ0) is 11.5. The zero-order valence-corrected chi connectivity index (χ0v) is 9.81. The Bertz CT molecular complexity index is 557. The first-order valence-electron chi connectivity index (χ1n) is 4.59. The van der Waals surface area contributed by atoms with Crippen LogP contribution in [0.4, 0.5) is 0 Å². The van der Waals surface area contributed by atoms with Gasteiger partial charge < -0.3 is 8.98 Å². The summed E-state index contributed by atoms with van der Waals surface area (Å²) in [6, 6.07) is 6.25. The van der Waals surface area contributed by atoms with E-state index >= 15 is 0 Å². The number of carbonyl (C=O) groups excluding carboxylic acids is 1. The summed E-state index contributed by atoms with van der Waals surface area (Å²) >= 11 is 3.24. The Morgan fingerprint density at radius 2 is 2.19 bits per heavy atom. The molecule has 0 aliphatic carbocycles. The van der Waals surface area contributed by atoms with Crippen LogP contribution in [0.15, 0.2) is 50.4 Å². The van der Waals surface area contributed by atoms with Crippen molar-refractivity contribution in [3.05, 3.63) is 57.3 Å². The average Bonchev–Trinajstić information content (AvgIpc) is 2.76. The van der Waals surface area contributed by atoms with E-state index in [4.69, 9.17) is 4.42 Å². The standard InChI is InChI=1S/C11H8BrNO3/c12-8-3-4-11(15)13(6-8)7-9(14)10-2-1-5-16-10/h1-6H,7H2. The van der Waals surface area contributed by atoms with E-state index in [1.165, 1.54) is 16.9 Å². The van der Waals surface area contributed by atoms with Crippen molar-refractivity contribution < 1.29 is 9.21 Å². The van der Waals surface area contributed by atoms with Crippen LogP contribution in [0, 0.1) is 0 Å². The number of carbonyl (C=O) groups is 1. The van der Waals surface area contributed by atoms with Gasteiger partial charge in [-0.05, 0) is 34.1 Å². The number of pyridine rings is 1. The summed E-state index contributed by atoms with van der Waals surface area (Å²) in [5.41, 5.74) is -0.219. The Morgan fingerprint density at radius 1 is 1.38 bits per heavy atom. The molecule has 0 saturated heterocycles. The lowest BCUT2D eigenvalue weighted by Gasteiger charge is -2.03. The number of hydrogen-bond donors (Lipinski definition) is 0. The van der Waals surface area contributed by atoms with Crippen molar-refractivity contribution in [3.63, 3.8) is 0 Å². The van der Waals surface area contributed by atoms with Crippen LogP contribution in [0.5, 0.6) is 0 Å². The number of aromatic nitrogens is 1. The van der Waals surface area contributed by atoms with Gasteiger partial charge in [0.15, 0.2) is 5.76 Å². The first-order valence-corrected chi connectivity index (χ1v) is 5.39. The fourth-order valence-electron chi connectivity index (χ4n) is 1.30. The van der Waals surface area contributed by atoms with Crippen molar-refractivity contribution in [1.29, 1.82) is 0 Å². The van der Waals surface area contributed by atoms with Gasteiger partial charge in [-0.25, -0.2) is 0 Å². The molecule has 0 saturated carbocycles. The lowest BCUT2D eigenvalue weighted by Crippen LogP contribution is -2.22. The van der Waals surface area contributed by atoms with Crippen LogP contribution in [-0.2, 0) is 6.54 Å². The van der Waals surface area contributed by atoms with Gasteiger partial charge in [0.05, 0.1) is 12.8 Å². The van der Waals surface area contributed by atoms with Crippen LogP contribution in [-0.4, -0.2) is 10.4 Å². The maximum atomic E-state index is 11.7. The Labute approximate surface area is 99.6 Å². The van der Waals surface area contributed by atoms with Crippen LogP contribution in [0.1, 0.15) is 10.6 Å². The maximum absolute atomic E-state index is 11.7. The minimum atomic E-state index is -0.231. The van der Waals surface area contributed by atoms with Crippen molar-refractivity contribution in [1.82, 2.24) is 4.57 Å². The van der Waals surface area contributed by atoms with Gasteiger partial charge in [-0.3, -0.25) is 9.59 Å². The third-order valence-corrected chi connectivity index (χ3v) is 2.53. The number of rotatable bonds is 3. The molecular weight excluding hydrogens is 274 g/mol.